The fourth-order valence-electron chi connectivity index (χ4n) is 2.02. The summed E-state index contributed by atoms with van der Waals surface area (Å²) in [4.78, 5) is 17.1. The fraction of sp³-hybridized carbons (Fsp3) is 0.455. The van der Waals surface area contributed by atoms with E-state index in [2.05, 4.69) is 4.98 Å². The fourth-order valence-corrected chi connectivity index (χ4v) is 2.16. The maximum Gasteiger partial charge on any atom is 0.328 e. The van der Waals surface area contributed by atoms with Gasteiger partial charge in [0.2, 0.25) is 0 Å². The van der Waals surface area contributed by atoms with Crippen molar-refractivity contribution in [1.29, 1.82) is 0 Å². The highest BCUT2D eigenvalue weighted by Gasteiger charge is 2.33. The lowest BCUT2D eigenvalue weighted by Crippen LogP contribution is -2.37. The standard InChI is InChI=1S/C11H12ClFN2O2/c1-17-11(16)9-3-2-4-15(9)10-8(13)5-7(12)6-14-10/h5-6,9H,2-4H2,1H3. The number of carbonyl (C=O) groups is 1. The molecule has 1 aliphatic heterocycles. The summed E-state index contributed by atoms with van der Waals surface area (Å²) in [7, 11) is 1.32. The molecular weight excluding hydrogens is 247 g/mol. The van der Waals surface area contributed by atoms with Crippen molar-refractivity contribution in [1.82, 2.24) is 4.98 Å². The largest absolute Gasteiger partial charge is 0.467 e. The molecule has 1 aromatic heterocycles. The molecule has 4 nitrogen and oxygen atoms in total. The van der Waals surface area contributed by atoms with Crippen LogP contribution < -0.4 is 4.90 Å². The Hall–Kier alpha value is -1.36. The molecule has 1 aromatic rings. The maximum atomic E-state index is 13.7. The summed E-state index contributed by atoms with van der Waals surface area (Å²) in [6, 6.07) is 0.736. The highest BCUT2D eigenvalue weighted by atomic mass is 35.5. The van der Waals surface area contributed by atoms with Crippen LogP contribution in [0.3, 0.4) is 0 Å². The van der Waals surface area contributed by atoms with Crippen LogP contribution in [0.2, 0.25) is 5.02 Å². The highest BCUT2D eigenvalue weighted by Crippen LogP contribution is 2.27. The van der Waals surface area contributed by atoms with Gasteiger partial charge in [-0.05, 0) is 18.9 Å². The van der Waals surface area contributed by atoms with Gasteiger partial charge in [-0.15, -0.1) is 0 Å². The van der Waals surface area contributed by atoms with Crippen LogP contribution in [0.25, 0.3) is 0 Å². The zero-order valence-corrected chi connectivity index (χ0v) is 10.1. The van der Waals surface area contributed by atoms with Gasteiger partial charge in [-0.1, -0.05) is 11.6 Å². The van der Waals surface area contributed by atoms with Gasteiger partial charge in [0, 0.05) is 12.7 Å². The van der Waals surface area contributed by atoms with Gasteiger partial charge in [-0.3, -0.25) is 0 Å². The van der Waals surface area contributed by atoms with Crippen LogP contribution in [0, 0.1) is 5.82 Å². The Labute approximate surface area is 103 Å². The number of nitrogens with zero attached hydrogens (tertiary/aromatic N) is 2. The second-order valence-electron chi connectivity index (χ2n) is 3.83. The first-order valence-corrected chi connectivity index (χ1v) is 5.67. The number of hydrogen-bond acceptors (Lipinski definition) is 4. The third-order valence-corrected chi connectivity index (χ3v) is 2.99. The predicted molar refractivity (Wildman–Crippen MR) is 61.6 cm³/mol. The summed E-state index contributed by atoms with van der Waals surface area (Å²) < 4.78 is 18.4. The number of anilines is 1. The number of ether oxygens (including phenoxy) is 1. The Balaban J connectivity index is 2.29. The Bertz CT molecular complexity index is 441. The van der Waals surface area contributed by atoms with E-state index >= 15 is 0 Å². The normalized spacial score (nSPS) is 19.5. The van der Waals surface area contributed by atoms with Crippen LogP contribution in [0.15, 0.2) is 12.3 Å². The van der Waals surface area contributed by atoms with Gasteiger partial charge < -0.3 is 9.64 Å². The van der Waals surface area contributed by atoms with Crippen LogP contribution >= 0.6 is 11.6 Å². The SMILES string of the molecule is COC(=O)C1CCCN1c1ncc(Cl)cc1F. The van der Waals surface area contributed by atoms with Crippen molar-refractivity contribution in [2.24, 2.45) is 0 Å². The molecule has 1 fully saturated rings. The number of hydrogen-bond donors (Lipinski definition) is 0. The van der Waals surface area contributed by atoms with Gasteiger partial charge in [-0.2, -0.15) is 0 Å². The molecule has 0 radical (unpaired) electrons. The van der Waals surface area contributed by atoms with E-state index < -0.39 is 11.9 Å². The van der Waals surface area contributed by atoms with Crippen LogP contribution in [-0.4, -0.2) is 30.6 Å². The Morgan fingerprint density at radius 3 is 3.12 bits per heavy atom. The lowest BCUT2D eigenvalue weighted by atomic mass is 10.2. The van der Waals surface area contributed by atoms with Crippen LogP contribution in [0.4, 0.5) is 10.2 Å². The summed E-state index contributed by atoms with van der Waals surface area (Å²) in [5.41, 5.74) is 0. The first kappa shape index (κ1) is 12.1. The van der Waals surface area contributed by atoms with E-state index in [4.69, 9.17) is 16.3 Å². The van der Waals surface area contributed by atoms with Gasteiger partial charge in [0.25, 0.3) is 0 Å². The minimum absolute atomic E-state index is 0.155. The smallest absolute Gasteiger partial charge is 0.328 e. The number of methoxy groups -OCH3 is 1. The van der Waals surface area contributed by atoms with E-state index in [-0.39, 0.29) is 16.8 Å². The molecule has 0 N–H and O–H groups in total. The van der Waals surface area contributed by atoms with Crippen molar-refractivity contribution < 1.29 is 13.9 Å². The highest BCUT2D eigenvalue weighted by molar-refractivity contribution is 6.30. The molecule has 92 valence electrons. The zero-order valence-electron chi connectivity index (χ0n) is 9.32. The van der Waals surface area contributed by atoms with Gasteiger partial charge in [0.1, 0.15) is 6.04 Å². The van der Waals surface area contributed by atoms with Crippen LogP contribution in [0.5, 0.6) is 0 Å². The van der Waals surface area contributed by atoms with Crippen molar-refractivity contribution in [3.8, 4) is 0 Å². The van der Waals surface area contributed by atoms with E-state index in [0.29, 0.717) is 13.0 Å². The molecule has 0 aromatic carbocycles. The quantitative estimate of drug-likeness (QED) is 0.761. The first-order valence-electron chi connectivity index (χ1n) is 5.29. The van der Waals surface area contributed by atoms with Crippen LogP contribution in [-0.2, 0) is 9.53 Å². The molecule has 0 amide bonds. The average molecular weight is 259 g/mol. The first-order chi connectivity index (χ1) is 8.13. The molecule has 0 bridgehead atoms. The van der Waals surface area contributed by atoms with E-state index in [0.717, 1.165) is 6.42 Å². The molecule has 1 saturated heterocycles. The molecule has 1 aliphatic rings. The van der Waals surface area contributed by atoms with E-state index in [1.165, 1.54) is 19.4 Å². The van der Waals surface area contributed by atoms with Crippen molar-refractivity contribution in [3.05, 3.63) is 23.1 Å². The summed E-state index contributed by atoms with van der Waals surface area (Å²) in [5.74, 6) is -0.728. The summed E-state index contributed by atoms with van der Waals surface area (Å²) in [6.45, 7) is 0.589. The third-order valence-electron chi connectivity index (χ3n) is 2.79. The number of pyridine rings is 1. The molecule has 17 heavy (non-hydrogen) atoms. The van der Waals surface area contributed by atoms with Gasteiger partial charge in [-0.25, -0.2) is 14.2 Å². The Kier molecular flexibility index (Phi) is 3.47. The van der Waals surface area contributed by atoms with E-state index in [9.17, 15) is 9.18 Å². The number of halogens is 2. The maximum absolute atomic E-state index is 13.7. The summed E-state index contributed by atoms with van der Waals surface area (Å²) >= 11 is 5.64. The van der Waals surface area contributed by atoms with Crippen molar-refractivity contribution in [3.63, 3.8) is 0 Å². The zero-order chi connectivity index (χ0) is 12.4. The number of esters is 1. The van der Waals surface area contributed by atoms with Crippen LogP contribution in [0.1, 0.15) is 12.8 Å². The van der Waals surface area contributed by atoms with Gasteiger partial charge >= 0.3 is 5.97 Å². The molecule has 1 unspecified atom stereocenters. The molecule has 2 heterocycles. The Morgan fingerprint density at radius 2 is 2.47 bits per heavy atom. The monoisotopic (exact) mass is 258 g/mol. The minimum atomic E-state index is -0.520. The molecule has 0 spiro atoms. The predicted octanol–water partition coefficient (Wildman–Crippen LogP) is 2.02. The molecular formula is C11H12ClFN2O2. The summed E-state index contributed by atoms with van der Waals surface area (Å²) in [5, 5.41) is 0.236. The molecule has 2 rings (SSSR count). The third kappa shape index (κ3) is 2.34. The molecule has 1 atom stereocenters. The lowest BCUT2D eigenvalue weighted by molar-refractivity contribution is -0.141. The molecule has 0 saturated carbocycles. The molecule has 0 aliphatic carbocycles. The van der Waals surface area contributed by atoms with E-state index in [1.54, 1.807) is 4.90 Å². The second kappa shape index (κ2) is 4.87. The lowest BCUT2D eigenvalue weighted by Gasteiger charge is -2.23. The van der Waals surface area contributed by atoms with Crippen molar-refractivity contribution >= 4 is 23.4 Å². The van der Waals surface area contributed by atoms with Gasteiger partial charge in [0.15, 0.2) is 11.6 Å². The van der Waals surface area contributed by atoms with E-state index in [1.807, 2.05) is 0 Å². The summed E-state index contributed by atoms with van der Waals surface area (Å²) in [6.07, 6.45) is 2.83. The number of aromatic nitrogens is 1. The van der Waals surface area contributed by atoms with Gasteiger partial charge in [0.05, 0.1) is 12.1 Å². The Morgan fingerprint density at radius 1 is 1.71 bits per heavy atom. The number of carbonyl (C=O) groups excluding carboxylic acids is 1. The average Bonchev–Trinajstić information content (AvgIpc) is 2.77. The molecule has 6 heteroatoms. The number of rotatable bonds is 2. The van der Waals surface area contributed by atoms with Crippen molar-refractivity contribution in [2.45, 2.75) is 18.9 Å². The van der Waals surface area contributed by atoms with Crippen molar-refractivity contribution in [2.75, 3.05) is 18.6 Å². The minimum Gasteiger partial charge on any atom is -0.467 e. The second-order valence-corrected chi connectivity index (χ2v) is 4.27. The topological polar surface area (TPSA) is 42.4 Å².